The molecule has 0 unspecified atom stereocenters. The maximum atomic E-state index is 12.6. The molecule has 29 heavy (non-hydrogen) atoms. The van der Waals surface area contributed by atoms with E-state index in [4.69, 9.17) is 21.1 Å². The van der Waals surface area contributed by atoms with E-state index in [9.17, 15) is 19.5 Å². The van der Waals surface area contributed by atoms with E-state index >= 15 is 0 Å². The van der Waals surface area contributed by atoms with Crippen LogP contribution in [0.15, 0.2) is 48.5 Å². The van der Waals surface area contributed by atoms with E-state index in [1.807, 2.05) is 0 Å². The highest BCUT2D eigenvalue weighted by Crippen LogP contribution is 2.36. The molecule has 0 saturated heterocycles. The van der Waals surface area contributed by atoms with Crippen LogP contribution in [0.5, 0.6) is 0 Å². The Morgan fingerprint density at radius 3 is 2.21 bits per heavy atom. The number of para-hydroxylation sites is 1. The first-order chi connectivity index (χ1) is 13.9. The molecule has 1 heterocycles. The van der Waals surface area contributed by atoms with Crippen LogP contribution in [0.1, 0.15) is 31.2 Å². The van der Waals surface area contributed by atoms with E-state index in [2.05, 4.69) is 5.10 Å². The first-order valence-corrected chi connectivity index (χ1v) is 8.65. The molecule has 0 atom stereocenters. The zero-order chi connectivity index (χ0) is 21.1. The quantitative estimate of drug-likeness (QED) is 0.637. The van der Waals surface area contributed by atoms with Crippen LogP contribution in [0, 0.1) is 0 Å². The number of aromatic nitrogens is 2. The predicted molar refractivity (Wildman–Crippen MR) is 104 cm³/mol. The van der Waals surface area contributed by atoms with Crippen LogP contribution >= 0.6 is 11.6 Å². The van der Waals surface area contributed by atoms with Crippen molar-refractivity contribution in [2.75, 3.05) is 14.2 Å². The molecule has 0 fully saturated rings. The second-order valence-corrected chi connectivity index (χ2v) is 6.18. The molecule has 3 aromatic rings. The van der Waals surface area contributed by atoms with Crippen LogP contribution in [0.4, 0.5) is 0 Å². The van der Waals surface area contributed by atoms with E-state index in [0.29, 0.717) is 5.69 Å². The van der Waals surface area contributed by atoms with Gasteiger partial charge in [-0.2, -0.15) is 5.10 Å². The largest absolute Gasteiger partial charge is 0.478 e. The maximum Gasteiger partial charge on any atom is 0.357 e. The number of carbonyl (C=O) groups excluding carboxylic acids is 2. The molecule has 0 aliphatic heterocycles. The number of rotatable bonds is 5. The van der Waals surface area contributed by atoms with Gasteiger partial charge in [-0.3, -0.25) is 0 Å². The number of methoxy groups -OCH3 is 2. The average molecular weight is 415 g/mol. The third kappa shape index (κ3) is 3.57. The molecule has 0 saturated carbocycles. The third-order valence-electron chi connectivity index (χ3n) is 4.14. The molecule has 0 aliphatic carbocycles. The summed E-state index contributed by atoms with van der Waals surface area (Å²) < 4.78 is 10.9. The Hall–Kier alpha value is -3.65. The zero-order valence-electron chi connectivity index (χ0n) is 15.4. The van der Waals surface area contributed by atoms with Gasteiger partial charge in [-0.1, -0.05) is 35.9 Å². The van der Waals surface area contributed by atoms with Gasteiger partial charge in [0, 0.05) is 5.56 Å². The highest BCUT2D eigenvalue weighted by Gasteiger charge is 2.33. The summed E-state index contributed by atoms with van der Waals surface area (Å²) in [7, 11) is 2.29. The van der Waals surface area contributed by atoms with Gasteiger partial charge in [0.1, 0.15) is 11.3 Å². The summed E-state index contributed by atoms with van der Waals surface area (Å²) in [4.78, 5) is 36.9. The summed E-state index contributed by atoms with van der Waals surface area (Å²) in [6, 6.07) is 12.8. The number of ether oxygens (including phenoxy) is 2. The summed E-state index contributed by atoms with van der Waals surface area (Å²) in [6.45, 7) is 0. The highest BCUT2D eigenvalue weighted by atomic mass is 35.5. The normalized spacial score (nSPS) is 10.4. The minimum Gasteiger partial charge on any atom is -0.478 e. The molecule has 0 aliphatic rings. The van der Waals surface area contributed by atoms with Gasteiger partial charge >= 0.3 is 17.9 Å². The number of esters is 2. The first-order valence-electron chi connectivity index (χ1n) is 8.28. The third-order valence-corrected chi connectivity index (χ3v) is 4.45. The lowest BCUT2D eigenvalue weighted by molar-refractivity contribution is 0.0549. The Labute approximate surface area is 170 Å². The van der Waals surface area contributed by atoms with Gasteiger partial charge in [-0.25, -0.2) is 19.1 Å². The van der Waals surface area contributed by atoms with E-state index in [1.165, 1.54) is 22.9 Å². The van der Waals surface area contributed by atoms with Gasteiger partial charge in [0.05, 0.1) is 30.5 Å². The van der Waals surface area contributed by atoms with Crippen LogP contribution in [-0.2, 0) is 9.47 Å². The molecule has 1 N–H and O–H groups in total. The van der Waals surface area contributed by atoms with Crippen molar-refractivity contribution >= 4 is 29.5 Å². The van der Waals surface area contributed by atoms with Crippen LogP contribution in [0.3, 0.4) is 0 Å². The van der Waals surface area contributed by atoms with Gasteiger partial charge in [0.25, 0.3) is 0 Å². The second kappa shape index (κ2) is 8.15. The maximum absolute atomic E-state index is 12.6. The standard InChI is InChI=1S/C20H15ClN2O6/c1-28-19(26)15-16(14-12(18(24)25)9-6-10-13(14)21)22-23(17(15)20(27)29-2)11-7-4-3-5-8-11/h3-10H,1-2H3,(H,24,25). The van der Waals surface area contributed by atoms with Gasteiger partial charge in [-0.15, -0.1) is 0 Å². The van der Waals surface area contributed by atoms with Gasteiger partial charge in [0.2, 0.25) is 0 Å². The van der Waals surface area contributed by atoms with Crippen molar-refractivity contribution in [2.45, 2.75) is 0 Å². The van der Waals surface area contributed by atoms with Crippen LogP contribution in [0.25, 0.3) is 16.9 Å². The minimum atomic E-state index is -1.27. The Morgan fingerprint density at radius 1 is 0.966 bits per heavy atom. The smallest absolute Gasteiger partial charge is 0.357 e. The minimum absolute atomic E-state index is 0.0121. The average Bonchev–Trinajstić information content (AvgIpc) is 3.13. The molecule has 0 amide bonds. The Kier molecular flexibility index (Phi) is 5.65. The van der Waals surface area contributed by atoms with Crippen molar-refractivity contribution in [2.24, 2.45) is 0 Å². The number of carboxylic acids is 1. The molecular weight excluding hydrogens is 400 g/mol. The topological polar surface area (TPSA) is 108 Å². The van der Waals surface area contributed by atoms with Crippen molar-refractivity contribution in [1.29, 1.82) is 0 Å². The molecule has 3 rings (SSSR count). The number of carboxylic acid groups (broad SMARTS) is 1. The number of hydrogen-bond acceptors (Lipinski definition) is 6. The first kappa shape index (κ1) is 20.1. The van der Waals surface area contributed by atoms with E-state index in [1.54, 1.807) is 30.3 Å². The van der Waals surface area contributed by atoms with E-state index < -0.39 is 17.9 Å². The molecule has 0 spiro atoms. The monoisotopic (exact) mass is 414 g/mol. The molecule has 8 nitrogen and oxygen atoms in total. The highest BCUT2D eigenvalue weighted by molar-refractivity contribution is 6.34. The summed E-state index contributed by atoms with van der Waals surface area (Å²) in [6.07, 6.45) is 0. The molecular formula is C20H15ClN2O6. The summed E-state index contributed by atoms with van der Waals surface area (Å²) >= 11 is 6.27. The fourth-order valence-electron chi connectivity index (χ4n) is 2.87. The lowest BCUT2D eigenvalue weighted by Crippen LogP contribution is -2.15. The number of hydrogen-bond donors (Lipinski definition) is 1. The van der Waals surface area contributed by atoms with Crippen molar-refractivity contribution in [3.63, 3.8) is 0 Å². The second-order valence-electron chi connectivity index (χ2n) is 5.77. The molecule has 1 aromatic heterocycles. The predicted octanol–water partition coefficient (Wildman–Crippen LogP) is 3.46. The van der Waals surface area contributed by atoms with E-state index in [0.717, 1.165) is 14.2 Å². The van der Waals surface area contributed by atoms with Crippen molar-refractivity contribution in [1.82, 2.24) is 9.78 Å². The SMILES string of the molecule is COC(=O)c1c(-c2c(Cl)cccc2C(=O)O)nn(-c2ccccc2)c1C(=O)OC. The van der Waals surface area contributed by atoms with Crippen molar-refractivity contribution in [3.8, 4) is 16.9 Å². The van der Waals surface area contributed by atoms with Gasteiger partial charge in [-0.05, 0) is 24.3 Å². The molecule has 9 heteroatoms. The number of aromatic carboxylic acids is 1. The molecule has 0 bridgehead atoms. The fraction of sp³-hybridized carbons (Fsp3) is 0.100. The van der Waals surface area contributed by atoms with Crippen molar-refractivity contribution in [3.05, 3.63) is 70.4 Å². The van der Waals surface area contributed by atoms with E-state index in [-0.39, 0.29) is 33.1 Å². The van der Waals surface area contributed by atoms with Gasteiger partial charge in [0.15, 0.2) is 5.69 Å². The van der Waals surface area contributed by atoms with Crippen LogP contribution < -0.4 is 0 Å². The van der Waals surface area contributed by atoms with Crippen LogP contribution in [-0.4, -0.2) is 47.0 Å². The summed E-state index contributed by atoms with van der Waals surface area (Å²) in [5.74, 6) is -3.01. The lowest BCUT2D eigenvalue weighted by atomic mass is 10.00. The molecule has 0 radical (unpaired) electrons. The molecule has 148 valence electrons. The van der Waals surface area contributed by atoms with Gasteiger partial charge < -0.3 is 14.6 Å². The number of carbonyl (C=O) groups is 3. The lowest BCUT2D eigenvalue weighted by Gasteiger charge is -2.08. The van der Waals surface area contributed by atoms with Crippen molar-refractivity contribution < 1.29 is 29.0 Å². The number of benzene rings is 2. The zero-order valence-corrected chi connectivity index (χ0v) is 16.1. The molecule has 2 aromatic carbocycles. The number of halogens is 1. The summed E-state index contributed by atoms with van der Waals surface area (Å²) in [5.41, 5.74) is -0.313. The number of nitrogens with zero attached hydrogens (tertiary/aromatic N) is 2. The Balaban J connectivity index is 2.46. The Morgan fingerprint density at radius 2 is 1.62 bits per heavy atom. The van der Waals surface area contributed by atoms with Crippen LogP contribution in [0.2, 0.25) is 5.02 Å². The Bertz CT molecular complexity index is 1110. The summed E-state index contributed by atoms with van der Waals surface area (Å²) in [5, 5.41) is 14.0. The fourth-order valence-corrected chi connectivity index (χ4v) is 3.14.